The van der Waals surface area contributed by atoms with Gasteiger partial charge < -0.3 is 5.73 Å². The van der Waals surface area contributed by atoms with Gasteiger partial charge in [0.15, 0.2) is 0 Å². The summed E-state index contributed by atoms with van der Waals surface area (Å²) >= 11 is 0. The van der Waals surface area contributed by atoms with Crippen LogP contribution >= 0.6 is 0 Å². The van der Waals surface area contributed by atoms with Gasteiger partial charge >= 0.3 is 0 Å². The highest BCUT2D eigenvalue weighted by atomic mass is 14.9. The largest absolute Gasteiger partial charge is 0.328 e. The molecular weight excluding hydrogens is 246 g/mol. The van der Waals surface area contributed by atoms with Gasteiger partial charge in [0.25, 0.3) is 0 Å². The normalized spacial score (nSPS) is 18.3. The minimum atomic E-state index is 0.0358. The highest BCUT2D eigenvalue weighted by Crippen LogP contribution is 2.47. The highest BCUT2D eigenvalue weighted by Gasteiger charge is 2.42. The van der Waals surface area contributed by atoms with Gasteiger partial charge in [-0.2, -0.15) is 0 Å². The zero-order chi connectivity index (χ0) is 14.0. The average molecular weight is 267 g/mol. The monoisotopic (exact) mass is 267 g/mol. The second kappa shape index (κ2) is 5.33. The second-order valence-electron chi connectivity index (χ2n) is 5.90. The maximum atomic E-state index is 5.82. The molecule has 3 heteroatoms. The number of aromatic nitrogens is 2. The van der Waals surface area contributed by atoms with Crippen LogP contribution in [0.2, 0.25) is 0 Å². The lowest BCUT2D eigenvalue weighted by Crippen LogP contribution is -2.37. The minimum Gasteiger partial charge on any atom is -0.328 e. The Bertz CT molecular complexity index is 557. The molecule has 1 aromatic carbocycles. The predicted molar refractivity (Wildman–Crippen MR) is 80.5 cm³/mol. The summed E-state index contributed by atoms with van der Waals surface area (Å²) in [4.78, 5) is 9.27. The molecule has 3 rings (SSSR count). The first-order chi connectivity index (χ1) is 9.71. The summed E-state index contributed by atoms with van der Waals surface area (Å²) in [5.74, 6) is 0.961. The summed E-state index contributed by atoms with van der Waals surface area (Å²) in [6, 6.07) is 10.8. The van der Waals surface area contributed by atoms with Gasteiger partial charge in [0, 0.05) is 18.4 Å². The van der Waals surface area contributed by atoms with Crippen molar-refractivity contribution in [3.63, 3.8) is 0 Å². The SMILES string of the molecule is CC(N)Cc1cnc(C2(c3ccccc3)CCC2)nc1. The first-order valence-electron chi connectivity index (χ1n) is 7.33. The molecule has 0 spiro atoms. The van der Waals surface area contributed by atoms with Crippen molar-refractivity contribution >= 4 is 0 Å². The maximum Gasteiger partial charge on any atom is 0.138 e. The summed E-state index contributed by atoms with van der Waals surface area (Å²) in [6.07, 6.45) is 8.25. The Kier molecular flexibility index (Phi) is 3.53. The van der Waals surface area contributed by atoms with Crippen LogP contribution in [0, 0.1) is 0 Å². The van der Waals surface area contributed by atoms with Crippen molar-refractivity contribution in [2.24, 2.45) is 5.73 Å². The fourth-order valence-corrected chi connectivity index (χ4v) is 3.01. The summed E-state index contributed by atoms with van der Waals surface area (Å²) in [5, 5.41) is 0. The fourth-order valence-electron chi connectivity index (χ4n) is 3.01. The Morgan fingerprint density at radius 3 is 2.30 bits per heavy atom. The van der Waals surface area contributed by atoms with Crippen molar-refractivity contribution in [1.82, 2.24) is 9.97 Å². The minimum absolute atomic E-state index is 0.0358. The van der Waals surface area contributed by atoms with Gasteiger partial charge in [-0.3, -0.25) is 0 Å². The second-order valence-corrected chi connectivity index (χ2v) is 5.90. The van der Waals surface area contributed by atoms with Gasteiger partial charge in [0.1, 0.15) is 5.82 Å². The van der Waals surface area contributed by atoms with Crippen molar-refractivity contribution < 1.29 is 0 Å². The van der Waals surface area contributed by atoms with E-state index >= 15 is 0 Å². The molecule has 1 aromatic heterocycles. The summed E-state index contributed by atoms with van der Waals surface area (Å²) in [6.45, 7) is 2.01. The smallest absolute Gasteiger partial charge is 0.138 e. The van der Waals surface area contributed by atoms with Crippen LogP contribution in [0.25, 0.3) is 0 Å². The van der Waals surface area contributed by atoms with E-state index < -0.39 is 0 Å². The zero-order valence-electron chi connectivity index (χ0n) is 11.9. The van der Waals surface area contributed by atoms with E-state index in [1.165, 1.54) is 12.0 Å². The molecule has 2 N–H and O–H groups in total. The molecule has 1 saturated carbocycles. The number of nitrogens with two attached hydrogens (primary N) is 1. The molecule has 0 amide bonds. The number of rotatable bonds is 4. The Morgan fingerprint density at radius 2 is 1.80 bits per heavy atom. The molecule has 2 aromatic rings. The van der Waals surface area contributed by atoms with Crippen LogP contribution in [0.5, 0.6) is 0 Å². The molecule has 1 aliphatic carbocycles. The van der Waals surface area contributed by atoms with E-state index in [1.54, 1.807) is 0 Å². The Morgan fingerprint density at radius 1 is 1.15 bits per heavy atom. The van der Waals surface area contributed by atoms with Crippen molar-refractivity contribution in [3.05, 3.63) is 59.7 Å². The first-order valence-corrected chi connectivity index (χ1v) is 7.33. The number of hydrogen-bond donors (Lipinski definition) is 1. The molecule has 3 nitrogen and oxygen atoms in total. The summed E-state index contributed by atoms with van der Waals surface area (Å²) in [7, 11) is 0. The summed E-state index contributed by atoms with van der Waals surface area (Å²) in [5.41, 5.74) is 8.31. The van der Waals surface area contributed by atoms with Crippen molar-refractivity contribution in [2.45, 2.75) is 44.1 Å². The van der Waals surface area contributed by atoms with Gasteiger partial charge in [0.05, 0.1) is 5.41 Å². The zero-order valence-corrected chi connectivity index (χ0v) is 11.9. The molecule has 0 aliphatic heterocycles. The van der Waals surface area contributed by atoms with E-state index in [-0.39, 0.29) is 11.5 Å². The van der Waals surface area contributed by atoms with Gasteiger partial charge in [-0.15, -0.1) is 0 Å². The first kappa shape index (κ1) is 13.3. The summed E-state index contributed by atoms with van der Waals surface area (Å²) < 4.78 is 0. The Labute approximate surface area is 120 Å². The molecule has 0 bridgehead atoms. The van der Waals surface area contributed by atoms with Crippen LogP contribution in [-0.4, -0.2) is 16.0 Å². The molecule has 1 atom stereocenters. The molecule has 0 saturated heterocycles. The molecule has 1 aliphatic rings. The van der Waals surface area contributed by atoms with E-state index in [0.29, 0.717) is 0 Å². The van der Waals surface area contributed by atoms with E-state index in [9.17, 15) is 0 Å². The van der Waals surface area contributed by atoms with Gasteiger partial charge in [-0.1, -0.05) is 36.8 Å². The van der Waals surface area contributed by atoms with E-state index in [4.69, 9.17) is 5.73 Å². The van der Waals surface area contributed by atoms with Gasteiger partial charge in [-0.25, -0.2) is 9.97 Å². The van der Waals surface area contributed by atoms with Crippen molar-refractivity contribution in [1.29, 1.82) is 0 Å². The van der Waals surface area contributed by atoms with Crippen LogP contribution in [0.15, 0.2) is 42.7 Å². The highest BCUT2D eigenvalue weighted by molar-refractivity contribution is 5.35. The quantitative estimate of drug-likeness (QED) is 0.926. The molecule has 20 heavy (non-hydrogen) atoms. The number of hydrogen-bond acceptors (Lipinski definition) is 3. The van der Waals surface area contributed by atoms with Crippen molar-refractivity contribution in [2.75, 3.05) is 0 Å². The molecule has 1 heterocycles. The van der Waals surface area contributed by atoms with E-state index in [2.05, 4.69) is 40.3 Å². The third-order valence-electron chi connectivity index (χ3n) is 4.22. The van der Waals surface area contributed by atoms with Crippen LogP contribution in [0.3, 0.4) is 0 Å². The number of nitrogens with zero attached hydrogens (tertiary/aromatic N) is 2. The standard InChI is InChI=1S/C17H21N3/c1-13(18)10-14-11-19-16(20-12-14)17(8-5-9-17)15-6-3-2-4-7-15/h2-4,6-7,11-13H,5,8-10,18H2,1H3. The maximum absolute atomic E-state index is 5.82. The third-order valence-corrected chi connectivity index (χ3v) is 4.22. The fraction of sp³-hybridized carbons (Fsp3) is 0.412. The van der Waals surface area contributed by atoms with Gasteiger partial charge in [-0.05, 0) is 37.3 Å². The predicted octanol–water partition coefficient (Wildman–Crippen LogP) is 2.84. The molecule has 0 radical (unpaired) electrons. The molecule has 1 fully saturated rings. The molecule has 1 unspecified atom stereocenters. The Balaban J connectivity index is 1.90. The van der Waals surface area contributed by atoms with Crippen LogP contribution in [-0.2, 0) is 11.8 Å². The topological polar surface area (TPSA) is 51.8 Å². The Hall–Kier alpha value is -1.74. The average Bonchev–Trinajstić information content (AvgIpc) is 2.40. The molecular formula is C17H21N3. The third kappa shape index (κ3) is 2.34. The van der Waals surface area contributed by atoms with E-state index in [0.717, 1.165) is 30.7 Å². The lowest BCUT2D eigenvalue weighted by atomic mass is 9.64. The molecule has 104 valence electrons. The van der Waals surface area contributed by atoms with Crippen molar-refractivity contribution in [3.8, 4) is 0 Å². The van der Waals surface area contributed by atoms with Gasteiger partial charge in [0.2, 0.25) is 0 Å². The van der Waals surface area contributed by atoms with Crippen LogP contribution in [0.4, 0.5) is 0 Å². The lowest BCUT2D eigenvalue weighted by molar-refractivity contribution is 0.285. The van der Waals surface area contributed by atoms with Crippen LogP contribution in [0.1, 0.15) is 43.1 Å². The number of benzene rings is 1. The van der Waals surface area contributed by atoms with E-state index in [1.807, 2.05) is 19.3 Å². The lowest BCUT2D eigenvalue weighted by Gasteiger charge is -2.40. The van der Waals surface area contributed by atoms with Crippen LogP contribution < -0.4 is 5.73 Å².